The minimum Gasteiger partial charge on any atom is -0.312 e. The number of hydrogen-bond donors (Lipinski definition) is 1. The Hall–Kier alpha value is -0.450. The third-order valence-corrected chi connectivity index (χ3v) is 5.13. The van der Waals surface area contributed by atoms with Gasteiger partial charge in [-0.3, -0.25) is 4.90 Å². The lowest BCUT2D eigenvalue weighted by Crippen LogP contribution is -2.43. The largest absolute Gasteiger partial charge is 0.312 e. The molecular formula is C15H20BrFN2. The number of rotatable bonds is 3. The monoisotopic (exact) mass is 326 g/mol. The lowest BCUT2D eigenvalue weighted by atomic mass is 10.0. The second kappa shape index (κ2) is 5.90. The van der Waals surface area contributed by atoms with Crippen LogP contribution in [-0.4, -0.2) is 30.1 Å². The zero-order chi connectivity index (χ0) is 13.2. The van der Waals surface area contributed by atoms with Crippen LogP contribution in [0.2, 0.25) is 0 Å². The SMILES string of the molecule is Fc1ccc(Br)c(CN2CCCC2C2CCCN2)c1. The average molecular weight is 327 g/mol. The third kappa shape index (κ3) is 3.01. The number of halogens is 2. The van der Waals surface area contributed by atoms with Crippen LogP contribution in [0.3, 0.4) is 0 Å². The Morgan fingerprint density at radius 1 is 1.32 bits per heavy atom. The molecule has 2 atom stereocenters. The molecular weight excluding hydrogens is 307 g/mol. The Labute approximate surface area is 122 Å². The van der Waals surface area contributed by atoms with E-state index in [0.717, 1.165) is 29.7 Å². The van der Waals surface area contributed by atoms with Crippen LogP contribution in [0.25, 0.3) is 0 Å². The molecule has 4 heteroatoms. The van der Waals surface area contributed by atoms with E-state index in [-0.39, 0.29) is 5.82 Å². The van der Waals surface area contributed by atoms with Gasteiger partial charge in [-0.05, 0) is 62.5 Å². The summed E-state index contributed by atoms with van der Waals surface area (Å²) in [7, 11) is 0. The molecule has 0 bridgehead atoms. The maximum absolute atomic E-state index is 13.4. The molecule has 3 rings (SSSR count). The highest BCUT2D eigenvalue weighted by atomic mass is 79.9. The molecule has 1 aromatic carbocycles. The van der Waals surface area contributed by atoms with Gasteiger partial charge in [-0.1, -0.05) is 15.9 Å². The zero-order valence-electron chi connectivity index (χ0n) is 11.0. The summed E-state index contributed by atoms with van der Waals surface area (Å²) in [5, 5.41) is 3.61. The highest BCUT2D eigenvalue weighted by Gasteiger charge is 2.33. The van der Waals surface area contributed by atoms with E-state index in [1.807, 2.05) is 6.07 Å². The van der Waals surface area contributed by atoms with Gasteiger partial charge in [-0.25, -0.2) is 4.39 Å². The normalized spacial score (nSPS) is 28.1. The van der Waals surface area contributed by atoms with Crippen molar-refractivity contribution in [1.82, 2.24) is 10.2 Å². The second-order valence-corrected chi connectivity index (χ2v) is 6.47. The molecule has 0 amide bonds. The average Bonchev–Trinajstić information content (AvgIpc) is 3.03. The van der Waals surface area contributed by atoms with Crippen LogP contribution in [-0.2, 0) is 6.54 Å². The maximum atomic E-state index is 13.4. The molecule has 2 unspecified atom stereocenters. The van der Waals surface area contributed by atoms with Gasteiger partial charge in [0.15, 0.2) is 0 Å². The summed E-state index contributed by atoms with van der Waals surface area (Å²) in [6.07, 6.45) is 5.10. The predicted octanol–water partition coefficient (Wildman–Crippen LogP) is 3.30. The Morgan fingerprint density at radius 2 is 2.21 bits per heavy atom. The van der Waals surface area contributed by atoms with E-state index in [1.54, 1.807) is 6.07 Å². The summed E-state index contributed by atoms with van der Waals surface area (Å²) >= 11 is 3.53. The standard InChI is InChI=1S/C15H20BrFN2/c16-13-6-5-12(17)9-11(13)10-19-8-2-4-15(19)14-3-1-7-18-14/h5-6,9,14-15,18H,1-4,7-8,10H2. The number of hydrogen-bond acceptors (Lipinski definition) is 2. The minimum absolute atomic E-state index is 0.145. The Kier molecular flexibility index (Phi) is 4.20. The summed E-state index contributed by atoms with van der Waals surface area (Å²) in [4.78, 5) is 2.52. The molecule has 1 N–H and O–H groups in total. The predicted molar refractivity (Wildman–Crippen MR) is 78.6 cm³/mol. The maximum Gasteiger partial charge on any atom is 0.123 e. The Morgan fingerprint density at radius 3 is 3.00 bits per heavy atom. The molecule has 1 aromatic rings. The molecule has 2 fully saturated rings. The highest BCUT2D eigenvalue weighted by Crippen LogP contribution is 2.28. The molecule has 0 aliphatic carbocycles. The minimum atomic E-state index is -0.145. The van der Waals surface area contributed by atoms with Gasteiger partial charge >= 0.3 is 0 Å². The van der Waals surface area contributed by atoms with Crippen LogP contribution in [0.15, 0.2) is 22.7 Å². The number of likely N-dealkylation sites (tertiary alicyclic amines) is 1. The van der Waals surface area contributed by atoms with Gasteiger partial charge in [-0.15, -0.1) is 0 Å². The molecule has 0 radical (unpaired) electrons. The third-order valence-electron chi connectivity index (χ3n) is 4.36. The van der Waals surface area contributed by atoms with E-state index >= 15 is 0 Å². The smallest absolute Gasteiger partial charge is 0.123 e. The molecule has 2 nitrogen and oxygen atoms in total. The summed E-state index contributed by atoms with van der Waals surface area (Å²) in [6.45, 7) is 3.13. The van der Waals surface area contributed by atoms with E-state index in [4.69, 9.17) is 0 Å². The molecule has 2 heterocycles. The summed E-state index contributed by atoms with van der Waals surface area (Å²) < 4.78 is 14.4. The van der Waals surface area contributed by atoms with Crippen LogP contribution >= 0.6 is 15.9 Å². The van der Waals surface area contributed by atoms with Crippen LogP contribution < -0.4 is 5.32 Å². The lowest BCUT2D eigenvalue weighted by Gasteiger charge is -2.29. The summed E-state index contributed by atoms with van der Waals surface area (Å²) in [5.74, 6) is -0.145. The van der Waals surface area contributed by atoms with E-state index in [9.17, 15) is 4.39 Å². The number of benzene rings is 1. The first kappa shape index (κ1) is 13.5. The zero-order valence-corrected chi connectivity index (χ0v) is 12.6. The first-order valence-corrected chi connectivity index (χ1v) is 7.95. The fourth-order valence-corrected chi connectivity index (χ4v) is 3.80. The lowest BCUT2D eigenvalue weighted by molar-refractivity contribution is 0.206. The summed E-state index contributed by atoms with van der Waals surface area (Å²) in [6, 6.07) is 6.23. The molecule has 19 heavy (non-hydrogen) atoms. The topological polar surface area (TPSA) is 15.3 Å². The fraction of sp³-hybridized carbons (Fsp3) is 0.600. The molecule has 0 aromatic heterocycles. The van der Waals surface area contributed by atoms with Crippen LogP contribution in [0.1, 0.15) is 31.2 Å². The second-order valence-electron chi connectivity index (χ2n) is 5.62. The van der Waals surface area contributed by atoms with E-state index in [0.29, 0.717) is 12.1 Å². The van der Waals surface area contributed by atoms with Gasteiger partial charge in [0.25, 0.3) is 0 Å². The van der Waals surface area contributed by atoms with Crippen molar-refractivity contribution in [2.75, 3.05) is 13.1 Å². The molecule has 104 valence electrons. The molecule has 0 saturated carbocycles. The number of nitrogens with one attached hydrogen (secondary N) is 1. The van der Waals surface area contributed by atoms with Gasteiger partial charge in [0.1, 0.15) is 5.82 Å². The van der Waals surface area contributed by atoms with Crippen molar-refractivity contribution in [3.05, 3.63) is 34.1 Å². The highest BCUT2D eigenvalue weighted by molar-refractivity contribution is 9.10. The van der Waals surface area contributed by atoms with Gasteiger partial charge in [0.2, 0.25) is 0 Å². The van der Waals surface area contributed by atoms with E-state index in [1.165, 1.54) is 31.7 Å². The Bertz CT molecular complexity index is 446. The van der Waals surface area contributed by atoms with Gasteiger partial charge in [0, 0.05) is 23.1 Å². The van der Waals surface area contributed by atoms with Crippen molar-refractivity contribution < 1.29 is 4.39 Å². The van der Waals surface area contributed by atoms with Crippen LogP contribution in [0, 0.1) is 5.82 Å². The Balaban J connectivity index is 1.72. The van der Waals surface area contributed by atoms with Crippen molar-refractivity contribution >= 4 is 15.9 Å². The van der Waals surface area contributed by atoms with Crippen molar-refractivity contribution in [3.8, 4) is 0 Å². The molecule has 2 aliphatic heterocycles. The first-order chi connectivity index (χ1) is 9.24. The van der Waals surface area contributed by atoms with E-state index < -0.39 is 0 Å². The van der Waals surface area contributed by atoms with Crippen molar-refractivity contribution in [2.45, 2.75) is 44.3 Å². The quantitative estimate of drug-likeness (QED) is 0.916. The first-order valence-electron chi connectivity index (χ1n) is 7.15. The van der Waals surface area contributed by atoms with Crippen molar-refractivity contribution in [1.29, 1.82) is 0 Å². The van der Waals surface area contributed by atoms with Crippen LogP contribution in [0.4, 0.5) is 4.39 Å². The summed E-state index contributed by atoms with van der Waals surface area (Å²) in [5.41, 5.74) is 1.06. The van der Waals surface area contributed by atoms with Crippen molar-refractivity contribution in [3.63, 3.8) is 0 Å². The van der Waals surface area contributed by atoms with Crippen LogP contribution in [0.5, 0.6) is 0 Å². The van der Waals surface area contributed by atoms with Gasteiger partial charge in [0.05, 0.1) is 0 Å². The van der Waals surface area contributed by atoms with Crippen molar-refractivity contribution in [2.24, 2.45) is 0 Å². The number of nitrogens with zero attached hydrogens (tertiary/aromatic N) is 1. The molecule has 0 spiro atoms. The van der Waals surface area contributed by atoms with E-state index in [2.05, 4.69) is 26.1 Å². The molecule has 2 saturated heterocycles. The van der Waals surface area contributed by atoms with Gasteiger partial charge < -0.3 is 5.32 Å². The molecule has 2 aliphatic rings. The fourth-order valence-electron chi connectivity index (χ4n) is 3.43. The van der Waals surface area contributed by atoms with Gasteiger partial charge in [-0.2, -0.15) is 0 Å².